The molecular weight excluding hydrogens is 262 g/mol. The van der Waals surface area contributed by atoms with Crippen molar-refractivity contribution in [3.63, 3.8) is 0 Å². The number of aliphatic hydroxyl groups is 1. The van der Waals surface area contributed by atoms with Crippen LogP contribution in [0.1, 0.15) is 49.7 Å². The van der Waals surface area contributed by atoms with Crippen LogP contribution in [0.5, 0.6) is 0 Å². The van der Waals surface area contributed by atoms with E-state index < -0.39 is 0 Å². The number of rotatable bonds is 3. The summed E-state index contributed by atoms with van der Waals surface area (Å²) in [5, 5.41) is 19.5. The average Bonchev–Trinajstić information content (AvgIpc) is 2.96. The van der Waals surface area contributed by atoms with Crippen LogP contribution in [0.15, 0.2) is 18.5 Å². The fourth-order valence-corrected chi connectivity index (χ4v) is 4.00. The predicted molar refractivity (Wildman–Crippen MR) is 80.3 cm³/mol. The minimum absolute atomic E-state index is 0.141. The Kier molecular flexibility index (Phi) is 4.52. The molecule has 1 aliphatic heterocycles. The van der Waals surface area contributed by atoms with Crippen LogP contribution < -0.4 is 0 Å². The van der Waals surface area contributed by atoms with Gasteiger partial charge >= 0.3 is 0 Å². The van der Waals surface area contributed by atoms with Gasteiger partial charge in [-0.1, -0.05) is 12.8 Å². The van der Waals surface area contributed by atoms with Crippen molar-refractivity contribution < 1.29 is 5.11 Å². The molecule has 3 rings (SSSR count). The molecule has 21 heavy (non-hydrogen) atoms. The van der Waals surface area contributed by atoms with Crippen molar-refractivity contribution in [3.8, 4) is 6.07 Å². The second-order valence-corrected chi connectivity index (χ2v) is 6.34. The van der Waals surface area contributed by atoms with Gasteiger partial charge in [-0.05, 0) is 43.9 Å². The van der Waals surface area contributed by atoms with E-state index in [9.17, 15) is 10.4 Å². The van der Waals surface area contributed by atoms with E-state index in [1.807, 2.05) is 6.07 Å². The first kappa shape index (κ1) is 14.5. The number of hydrogen-bond acceptors (Lipinski definition) is 4. The van der Waals surface area contributed by atoms with Crippen LogP contribution in [-0.2, 0) is 6.54 Å². The van der Waals surface area contributed by atoms with Crippen LogP contribution in [0.4, 0.5) is 0 Å². The summed E-state index contributed by atoms with van der Waals surface area (Å²) in [7, 11) is 0. The Balaban J connectivity index is 1.74. The zero-order valence-electron chi connectivity index (χ0n) is 12.4. The first-order chi connectivity index (χ1) is 10.3. The predicted octanol–water partition coefficient (Wildman–Crippen LogP) is 2.47. The van der Waals surface area contributed by atoms with Gasteiger partial charge in [0.15, 0.2) is 0 Å². The molecule has 1 saturated carbocycles. The number of hydrogen-bond donors (Lipinski definition) is 1. The maximum absolute atomic E-state index is 10.3. The summed E-state index contributed by atoms with van der Waals surface area (Å²) >= 11 is 0. The van der Waals surface area contributed by atoms with Crippen LogP contribution in [0.25, 0.3) is 0 Å². The molecule has 4 nitrogen and oxygen atoms in total. The van der Waals surface area contributed by atoms with Gasteiger partial charge in [-0.15, -0.1) is 0 Å². The first-order valence-corrected chi connectivity index (χ1v) is 8.04. The minimum atomic E-state index is -0.141. The topological polar surface area (TPSA) is 60.2 Å². The van der Waals surface area contributed by atoms with Gasteiger partial charge in [-0.3, -0.25) is 9.88 Å². The monoisotopic (exact) mass is 285 g/mol. The zero-order chi connectivity index (χ0) is 14.7. The van der Waals surface area contributed by atoms with Crippen LogP contribution in [0.2, 0.25) is 0 Å². The summed E-state index contributed by atoms with van der Waals surface area (Å²) in [5.41, 5.74) is 1.73. The summed E-state index contributed by atoms with van der Waals surface area (Å²) in [6.07, 6.45) is 10.1. The Hall–Kier alpha value is -1.44. The lowest BCUT2D eigenvalue weighted by atomic mass is 9.80. The fourth-order valence-electron chi connectivity index (χ4n) is 4.00. The van der Waals surface area contributed by atoms with E-state index in [-0.39, 0.29) is 6.10 Å². The van der Waals surface area contributed by atoms with Crippen molar-refractivity contribution in [3.05, 3.63) is 29.6 Å². The van der Waals surface area contributed by atoms with E-state index in [4.69, 9.17) is 0 Å². The van der Waals surface area contributed by atoms with E-state index >= 15 is 0 Å². The third kappa shape index (κ3) is 3.09. The lowest BCUT2D eigenvalue weighted by Gasteiger charge is -2.37. The van der Waals surface area contributed by atoms with E-state index in [2.05, 4.69) is 16.0 Å². The molecule has 2 heterocycles. The Bertz CT molecular complexity index is 525. The highest BCUT2D eigenvalue weighted by atomic mass is 16.3. The summed E-state index contributed by atoms with van der Waals surface area (Å²) in [4.78, 5) is 6.50. The van der Waals surface area contributed by atoms with E-state index in [1.165, 1.54) is 19.3 Å². The largest absolute Gasteiger partial charge is 0.393 e. The highest BCUT2D eigenvalue weighted by molar-refractivity contribution is 5.34. The molecule has 112 valence electrons. The molecule has 1 aromatic rings. The number of nitrogens with zero attached hydrogens (tertiary/aromatic N) is 3. The summed E-state index contributed by atoms with van der Waals surface area (Å²) in [6, 6.07) is 4.66. The second kappa shape index (κ2) is 6.55. The van der Waals surface area contributed by atoms with Crippen molar-refractivity contribution in [1.82, 2.24) is 9.88 Å². The van der Waals surface area contributed by atoms with Gasteiger partial charge in [0, 0.05) is 30.9 Å². The van der Waals surface area contributed by atoms with Gasteiger partial charge < -0.3 is 5.11 Å². The van der Waals surface area contributed by atoms with Gasteiger partial charge in [-0.25, -0.2) is 0 Å². The molecule has 4 heteroatoms. The first-order valence-electron chi connectivity index (χ1n) is 8.04. The molecule has 0 amide bonds. The Morgan fingerprint density at radius 2 is 2.14 bits per heavy atom. The van der Waals surface area contributed by atoms with Crippen LogP contribution >= 0.6 is 0 Å². The molecule has 0 bridgehead atoms. The minimum Gasteiger partial charge on any atom is -0.393 e. The van der Waals surface area contributed by atoms with Crippen molar-refractivity contribution in [2.75, 3.05) is 6.54 Å². The summed E-state index contributed by atoms with van der Waals surface area (Å²) in [6.45, 7) is 1.88. The third-order valence-electron chi connectivity index (χ3n) is 5.10. The van der Waals surface area contributed by atoms with Gasteiger partial charge in [0.1, 0.15) is 6.07 Å². The molecule has 0 spiro atoms. The van der Waals surface area contributed by atoms with Crippen molar-refractivity contribution >= 4 is 0 Å². The lowest BCUT2D eigenvalue weighted by molar-refractivity contribution is 0.0201. The van der Waals surface area contributed by atoms with E-state index in [0.717, 1.165) is 37.9 Å². The maximum Gasteiger partial charge on any atom is 0.101 e. The summed E-state index contributed by atoms with van der Waals surface area (Å²) < 4.78 is 0. The van der Waals surface area contributed by atoms with Gasteiger partial charge in [-0.2, -0.15) is 5.26 Å². The molecule has 0 radical (unpaired) electrons. The molecule has 3 atom stereocenters. The molecule has 1 aliphatic carbocycles. The molecule has 1 N–H and O–H groups in total. The molecule has 2 aliphatic rings. The van der Waals surface area contributed by atoms with Gasteiger partial charge in [0.05, 0.1) is 11.7 Å². The Morgan fingerprint density at radius 1 is 1.29 bits per heavy atom. The fraction of sp³-hybridized carbons (Fsp3) is 0.647. The van der Waals surface area contributed by atoms with Crippen molar-refractivity contribution in [2.45, 2.75) is 57.2 Å². The third-order valence-corrected chi connectivity index (χ3v) is 5.10. The number of nitriles is 1. The lowest BCUT2D eigenvalue weighted by Crippen LogP contribution is -2.42. The number of aliphatic hydroxyl groups excluding tert-OH is 1. The molecule has 1 aromatic heterocycles. The zero-order valence-corrected chi connectivity index (χ0v) is 12.4. The van der Waals surface area contributed by atoms with Crippen LogP contribution in [0.3, 0.4) is 0 Å². The summed E-state index contributed by atoms with van der Waals surface area (Å²) in [5.74, 6) is 0.411. The van der Waals surface area contributed by atoms with Crippen molar-refractivity contribution in [2.24, 2.45) is 5.92 Å². The van der Waals surface area contributed by atoms with Crippen LogP contribution in [-0.4, -0.2) is 33.7 Å². The van der Waals surface area contributed by atoms with Gasteiger partial charge in [0.2, 0.25) is 0 Å². The Morgan fingerprint density at radius 3 is 2.95 bits per heavy atom. The average molecular weight is 285 g/mol. The van der Waals surface area contributed by atoms with Crippen LogP contribution in [0, 0.1) is 17.2 Å². The van der Waals surface area contributed by atoms with E-state index in [1.54, 1.807) is 12.4 Å². The number of likely N-dealkylation sites (tertiary alicyclic amines) is 1. The van der Waals surface area contributed by atoms with Crippen molar-refractivity contribution in [1.29, 1.82) is 5.26 Å². The smallest absolute Gasteiger partial charge is 0.101 e. The molecule has 0 aromatic carbocycles. The highest BCUT2D eigenvalue weighted by Gasteiger charge is 2.36. The maximum atomic E-state index is 10.3. The normalized spacial score (nSPS) is 30.2. The quantitative estimate of drug-likeness (QED) is 0.927. The molecule has 1 saturated heterocycles. The van der Waals surface area contributed by atoms with E-state index in [0.29, 0.717) is 17.5 Å². The standard InChI is InChI=1S/C17H23N3O/c18-10-14-11-19-8-7-13(14)12-20-9-3-5-16(20)15-4-1-2-6-17(15)21/h7-8,11,15-17,21H,1-6,9,12H2. The second-order valence-electron chi connectivity index (χ2n) is 6.34. The molecule has 2 fully saturated rings. The molecule has 3 unspecified atom stereocenters. The SMILES string of the molecule is N#Cc1cnccc1CN1CCCC1C1CCCCC1O. The molecular formula is C17H23N3O. The Labute approximate surface area is 126 Å². The number of pyridine rings is 1. The van der Waals surface area contributed by atoms with Gasteiger partial charge in [0.25, 0.3) is 0 Å². The highest BCUT2D eigenvalue weighted by Crippen LogP contribution is 2.35. The number of aromatic nitrogens is 1.